The molecule has 0 fully saturated rings. The van der Waals surface area contributed by atoms with Crippen LogP contribution in [-0.4, -0.2) is 9.97 Å². The standard InChI is InChI=1S/C12H17N3S2/c1-4-10(12-13-5-6-16-12)15-9(3)11-8(2)14-7-17-11/h5-7,9-10,15H,4H2,1-3H3. The molecule has 0 bridgehead atoms. The Bertz CT molecular complexity index is 450. The molecule has 2 aromatic heterocycles. The Morgan fingerprint density at radius 1 is 1.35 bits per heavy atom. The van der Waals surface area contributed by atoms with Gasteiger partial charge in [0, 0.05) is 22.5 Å². The maximum absolute atomic E-state index is 4.39. The molecule has 92 valence electrons. The summed E-state index contributed by atoms with van der Waals surface area (Å²) in [6.45, 7) is 6.44. The fourth-order valence-electron chi connectivity index (χ4n) is 1.87. The third kappa shape index (κ3) is 2.91. The molecule has 0 aromatic carbocycles. The predicted octanol–water partition coefficient (Wildman–Crippen LogP) is 3.71. The second-order valence-electron chi connectivity index (χ2n) is 4.02. The topological polar surface area (TPSA) is 37.8 Å². The molecular weight excluding hydrogens is 250 g/mol. The number of rotatable bonds is 5. The van der Waals surface area contributed by atoms with Crippen LogP contribution in [0.2, 0.25) is 0 Å². The van der Waals surface area contributed by atoms with E-state index in [0.717, 1.165) is 12.1 Å². The summed E-state index contributed by atoms with van der Waals surface area (Å²) in [5.74, 6) is 0. The van der Waals surface area contributed by atoms with E-state index in [2.05, 4.69) is 36.1 Å². The summed E-state index contributed by atoms with van der Waals surface area (Å²) < 4.78 is 0. The van der Waals surface area contributed by atoms with E-state index in [4.69, 9.17) is 0 Å². The smallest absolute Gasteiger partial charge is 0.109 e. The molecule has 0 aliphatic heterocycles. The van der Waals surface area contributed by atoms with Crippen LogP contribution in [0, 0.1) is 6.92 Å². The summed E-state index contributed by atoms with van der Waals surface area (Å²) >= 11 is 3.43. The molecule has 1 N–H and O–H groups in total. The SMILES string of the molecule is CCC(NC(C)c1scnc1C)c1nccs1. The Kier molecular flexibility index (Phi) is 4.25. The van der Waals surface area contributed by atoms with Crippen LogP contribution in [0.25, 0.3) is 0 Å². The van der Waals surface area contributed by atoms with E-state index in [0.29, 0.717) is 12.1 Å². The van der Waals surface area contributed by atoms with Crippen molar-refractivity contribution >= 4 is 22.7 Å². The molecule has 2 aromatic rings. The molecule has 2 heterocycles. The summed E-state index contributed by atoms with van der Waals surface area (Å²) in [5.41, 5.74) is 3.04. The van der Waals surface area contributed by atoms with Crippen molar-refractivity contribution in [1.82, 2.24) is 15.3 Å². The first-order valence-electron chi connectivity index (χ1n) is 5.77. The van der Waals surface area contributed by atoms with Crippen molar-refractivity contribution in [1.29, 1.82) is 0 Å². The summed E-state index contributed by atoms with van der Waals surface area (Å²) in [6, 6.07) is 0.669. The molecule has 0 amide bonds. The first-order chi connectivity index (χ1) is 8.22. The molecule has 0 radical (unpaired) electrons. The lowest BCUT2D eigenvalue weighted by molar-refractivity contribution is 0.457. The van der Waals surface area contributed by atoms with Gasteiger partial charge in [-0.3, -0.25) is 0 Å². The minimum Gasteiger partial charge on any atom is -0.300 e. The number of nitrogens with zero attached hydrogens (tertiary/aromatic N) is 2. The van der Waals surface area contributed by atoms with Gasteiger partial charge in [-0.25, -0.2) is 9.97 Å². The summed E-state index contributed by atoms with van der Waals surface area (Å²) in [6.07, 6.45) is 2.92. The number of hydrogen-bond acceptors (Lipinski definition) is 5. The average molecular weight is 267 g/mol. The number of aryl methyl sites for hydroxylation is 1. The van der Waals surface area contributed by atoms with E-state index in [9.17, 15) is 0 Å². The van der Waals surface area contributed by atoms with Crippen molar-refractivity contribution in [3.05, 3.63) is 32.7 Å². The highest BCUT2D eigenvalue weighted by atomic mass is 32.1. The first kappa shape index (κ1) is 12.7. The fraction of sp³-hybridized carbons (Fsp3) is 0.500. The van der Waals surface area contributed by atoms with Gasteiger partial charge in [-0.15, -0.1) is 22.7 Å². The van der Waals surface area contributed by atoms with Gasteiger partial charge in [0.05, 0.1) is 17.2 Å². The van der Waals surface area contributed by atoms with Crippen LogP contribution in [-0.2, 0) is 0 Å². The predicted molar refractivity (Wildman–Crippen MR) is 73.5 cm³/mol. The molecule has 2 rings (SSSR count). The molecule has 5 heteroatoms. The molecular formula is C12H17N3S2. The third-order valence-electron chi connectivity index (χ3n) is 2.78. The van der Waals surface area contributed by atoms with Crippen molar-refractivity contribution in [2.75, 3.05) is 0 Å². The average Bonchev–Trinajstić information content (AvgIpc) is 2.96. The molecule has 3 nitrogen and oxygen atoms in total. The zero-order chi connectivity index (χ0) is 12.3. The molecule has 0 saturated carbocycles. The number of nitrogens with one attached hydrogen (secondary N) is 1. The quantitative estimate of drug-likeness (QED) is 0.897. The van der Waals surface area contributed by atoms with Gasteiger partial charge < -0.3 is 5.32 Å². The number of aromatic nitrogens is 2. The maximum Gasteiger partial charge on any atom is 0.109 e. The van der Waals surface area contributed by atoms with Crippen LogP contribution in [0.5, 0.6) is 0 Å². The molecule has 2 unspecified atom stereocenters. The lowest BCUT2D eigenvalue weighted by atomic mass is 10.1. The molecule has 0 spiro atoms. The van der Waals surface area contributed by atoms with Crippen molar-refractivity contribution in [3.8, 4) is 0 Å². The highest BCUT2D eigenvalue weighted by molar-refractivity contribution is 7.10. The lowest BCUT2D eigenvalue weighted by Crippen LogP contribution is -2.24. The maximum atomic E-state index is 4.39. The van der Waals surface area contributed by atoms with Crippen molar-refractivity contribution in [2.45, 2.75) is 39.3 Å². The van der Waals surface area contributed by atoms with E-state index >= 15 is 0 Å². The van der Waals surface area contributed by atoms with Crippen LogP contribution in [0.1, 0.15) is 47.9 Å². The Labute approximate surface area is 110 Å². The van der Waals surface area contributed by atoms with Crippen molar-refractivity contribution < 1.29 is 0 Å². The monoisotopic (exact) mass is 267 g/mol. The molecule has 2 atom stereocenters. The van der Waals surface area contributed by atoms with E-state index in [1.807, 2.05) is 17.1 Å². The largest absolute Gasteiger partial charge is 0.300 e. The van der Waals surface area contributed by atoms with Crippen LogP contribution >= 0.6 is 22.7 Å². The van der Waals surface area contributed by atoms with Gasteiger partial charge in [-0.1, -0.05) is 6.92 Å². The van der Waals surface area contributed by atoms with Gasteiger partial charge in [0.15, 0.2) is 0 Å². The highest BCUT2D eigenvalue weighted by Crippen LogP contribution is 2.26. The van der Waals surface area contributed by atoms with E-state index in [1.54, 1.807) is 22.7 Å². The van der Waals surface area contributed by atoms with Crippen LogP contribution in [0.4, 0.5) is 0 Å². The van der Waals surface area contributed by atoms with Crippen LogP contribution < -0.4 is 5.32 Å². The Morgan fingerprint density at radius 3 is 2.71 bits per heavy atom. The normalized spacial score (nSPS) is 14.8. The number of hydrogen-bond donors (Lipinski definition) is 1. The first-order valence-corrected chi connectivity index (χ1v) is 7.53. The third-order valence-corrected chi connectivity index (χ3v) is 4.79. The summed E-state index contributed by atoms with van der Waals surface area (Å²) in [5, 5.41) is 6.83. The van der Waals surface area contributed by atoms with Crippen molar-refractivity contribution in [2.24, 2.45) is 0 Å². The minimum absolute atomic E-state index is 0.330. The number of thiazole rings is 2. The van der Waals surface area contributed by atoms with Crippen molar-refractivity contribution in [3.63, 3.8) is 0 Å². The second kappa shape index (κ2) is 5.71. The summed E-state index contributed by atoms with van der Waals surface area (Å²) in [4.78, 5) is 10.0. The van der Waals surface area contributed by atoms with Gasteiger partial charge >= 0.3 is 0 Å². The molecule has 0 aliphatic rings. The Balaban J connectivity index is 2.07. The summed E-state index contributed by atoms with van der Waals surface area (Å²) in [7, 11) is 0. The highest BCUT2D eigenvalue weighted by Gasteiger charge is 2.17. The van der Waals surface area contributed by atoms with Gasteiger partial charge in [-0.2, -0.15) is 0 Å². The van der Waals surface area contributed by atoms with E-state index < -0.39 is 0 Å². The minimum atomic E-state index is 0.330. The lowest BCUT2D eigenvalue weighted by Gasteiger charge is -2.20. The Morgan fingerprint density at radius 2 is 2.18 bits per heavy atom. The zero-order valence-corrected chi connectivity index (χ0v) is 11.9. The molecule has 0 aliphatic carbocycles. The van der Waals surface area contributed by atoms with Gasteiger partial charge in [0.25, 0.3) is 0 Å². The van der Waals surface area contributed by atoms with E-state index in [-0.39, 0.29) is 0 Å². The second-order valence-corrected chi connectivity index (χ2v) is 5.83. The van der Waals surface area contributed by atoms with Crippen LogP contribution in [0.3, 0.4) is 0 Å². The molecule has 0 saturated heterocycles. The van der Waals surface area contributed by atoms with Gasteiger partial charge in [0.2, 0.25) is 0 Å². The fourth-order valence-corrected chi connectivity index (χ4v) is 3.48. The van der Waals surface area contributed by atoms with Gasteiger partial charge in [-0.05, 0) is 20.3 Å². The van der Waals surface area contributed by atoms with Crippen LogP contribution in [0.15, 0.2) is 17.1 Å². The zero-order valence-electron chi connectivity index (χ0n) is 10.3. The van der Waals surface area contributed by atoms with Gasteiger partial charge in [0.1, 0.15) is 5.01 Å². The Hall–Kier alpha value is -0.780. The van der Waals surface area contributed by atoms with E-state index in [1.165, 1.54) is 9.88 Å². The molecule has 17 heavy (non-hydrogen) atoms.